The summed E-state index contributed by atoms with van der Waals surface area (Å²) in [5.74, 6) is -0.197. The SMILES string of the molecule is C[C@@]1(NC(=O)/C=C/c2sc3ccccc3c2Cl)CCS(=O)(=O)C1. The molecule has 1 aliphatic heterocycles. The fourth-order valence-electron chi connectivity index (χ4n) is 2.74. The molecule has 0 aliphatic carbocycles. The van der Waals surface area contributed by atoms with Crippen LogP contribution in [-0.2, 0) is 14.6 Å². The lowest BCUT2D eigenvalue weighted by atomic mass is 10.0. The van der Waals surface area contributed by atoms with E-state index in [1.807, 2.05) is 24.3 Å². The lowest BCUT2D eigenvalue weighted by molar-refractivity contribution is -0.117. The summed E-state index contributed by atoms with van der Waals surface area (Å²) < 4.78 is 24.2. The number of hydrogen-bond acceptors (Lipinski definition) is 4. The summed E-state index contributed by atoms with van der Waals surface area (Å²) in [6.07, 6.45) is 3.53. The number of halogens is 1. The van der Waals surface area contributed by atoms with Crippen LogP contribution in [0.5, 0.6) is 0 Å². The highest BCUT2D eigenvalue weighted by Gasteiger charge is 2.39. The second-order valence-corrected chi connectivity index (χ2v) is 9.65. The van der Waals surface area contributed by atoms with Crippen LogP contribution in [0.3, 0.4) is 0 Å². The number of thiophene rings is 1. The van der Waals surface area contributed by atoms with Gasteiger partial charge in [-0.15, -0.1) is 11.3 Å². The fraction of sp³-hybridized carbons (Fsp3) is 0.312. The molecule has 1 aromatic heterocycles. The predicted octanol–water partition coefficient (Wildman–Crippen LogP) is 3.26. The first-order valence-corrected chi connectivity index (χ1v) is 10.2. The van der Waals surface area contributed by atoms with Crippen LogP contribution in [0.25, 0.3) is 16.2 Å². The van der Waals surface area contributed by atoms with Gasteiger partial charge in [0.15, 0.2) is 9.84 Å². The maximum Gasteiger partial charge on any atom is 0.244 e. The minimum Gasteiger partial charge on any atom is -0.346 e. The van der Waals surface area contributed by atoms with E-state index in [9.17, 15) is 13.2 Å². The number of rotatable bonds is 3. The Morgan fingerprint density at radius 3 is 2.78 bits per heavy atom. The highest BCUT2D eigenvalue weighted by molar-refractivity contribution is 7.91. The lowest BCUT2D eigenvalue weighted by Gasteiger charge is -2.22. The highest BCUT2D eigenvalue weighted by atomic mass is 35.5. The van der Waals surface area contributed by atoms with Gasteiger partial charge in [0.1, 0.15) is 0 Å². The van der Waals surface area contributed by atoms with Crippen molar-refractivity contribution in [3.8, 4) is 0 Å². The second-order valence-electron chi connectivity index (χ2n) is 6.00. The van der Waals surface area contributed by atoms with Crippen molar-refractivity contribution in [2.24, 2.45) is 0 Å². The molecule has 1 aromatic carbocycles. The number of nitrogens with one attached hydrogen (secondary N) is 1. The average molecular weight is 370 g/mol. The van der Waals surface area contributed by atoms with Crippen LogP contribution >= 0.6 is 22.9 Å². The molecular formula is C16H16ClNO3S2. The normalized spacial score (nSPS) is 23.6. The van der Waals surface area contributed by atoms with Gasteiger partial charge in [-0.05, 0) is 25.5 Å². The zero-order chi connectivity index (χ0) is 16.7. The van der Waals surface area contributed by atoms with Crippen LogP contribution in [0.2, 0.25) is 5.02 Å². The Labute approximate surface area is 144 Å². The van der Waals surface area contributed by atoms with Gasteiger partial charge in [0.25, 0.3) is 0 Å². The molecule has 2 heterocycles. The number of benzene rings is 1. The number of amides is 1. The van der Waals surface area contributed by atoms with Crippen LogP contribution in [-0.4, -0.2) is 31.4 Å². The molecule has 1 amide bonds. The average Bonchev–Trinajstić information content (AvgIpc) is 2.94. The van der Waals surface area contributed by atoms with Gasteiger partial charge in [0, 0.05) is 21.0 Å². The molecule has 0 spiro atoms. The minimum absolute atomic E-state index is 0.0107. The number of sulfone groups is 1. The van der Waals surface area contributed by atoms with Crippen molar-refractivity contribution in [1.82, 2.24) is 5.32 Å². The summed E-state index contributed by atoms with van der Waals surface area (Å²) in [5.41, 5.74) is -0.690. The third-order valence-electron chi connectivity index (χ3n) is 3.87. The molecule has 0 bridgehead atoms. The number of fused-ring (bicyclic) bond motifs is 1. The van der Waals surface area contributed by atoms with E-state index in [1.54, 1.807) is 13.0 Å². The predicted molar refractivity (Wildman–Crippen MR) is 95.7 cm³/mol. The molecule has 122 valence electrons. The summed E-state index contributed by atoms with van der Waals surface area (Å²) in [6.45, 7) is 1.76. The van der Waals surface area contributed by atoms with Crippen molar-refractivity contribution in [3.63, 3.8) is 0 Å². The van der Waals surface area contributed by atoms with Crippen LogP contribution in [0, 0.1) is 0 Å². The van der Waals surface area contributed by atoms with Crippen molar-refractivity contribution in [2.45, 2.75) is 18.9 Å². The Morgan fingerprint density at radius 2 is 2.13 bits per heavy atom. The van der Waals surface area contributed by atoms with E-state index in [2.05, 4.69) is 5.32 Å². The molecular weight excluding hydrogens is 354 g/mol. The topological polar surface area (TPSA) is 63.2 Å². The molecule has 0 unspecified atom stereocenters. The van der Waals surface area contributed by atoms with Crippen LogP contribution in [0.1, 0.15) is 18.2 Å². The molecule has 0 saturated carbocycles. The van der Waals surface area contributed by atoms with Crippen molar-refractivity contribution in [1.29, 1.82) is 0 Å². The maximum atomic E-state index is 12.1. The van der Waals surface area contributed by atoms with Crippen molar-refractivity contribution < 1.29 is 13.2 Å². The van der Waals surface area contributed by atoms with Gasteiger partial charge in [-0.1, -0.05) is 29.8 Å². The molecule has 23 heavy (non-hydrogen) atoms. The summed E-state index contributed by atoms with van der Waals surface area (Å²) in [4.78, 5) is 12.9. The van der Waals surface area contributed by atoms with E-state index < -0.39 is 15.4 Å². The van der Waals surface area contributed by atoms with Crippen molar-refractivity contribution >= 4 is 54.8 Å². The molecule has 1 fully saturated rings. The third kappa shape index (κ3) is 3.59. The quantitative estimate of drug-likeness (QED) is 0.844. The van der Waals surface area contributed by atoms with Gasteiger partial charge in [0.2, 0.25) is 5.91 Å². The van der Waals surface area contributed by atoms with E-state index in [0.717, 1.165) is 15.0 Å². The number of hydrogen-bond donors (Lipinski definition) is 1. The molecule has 1 saturated heterocycles. The maximum absolute atomic E-state index is 12.1. The standard InChI is InChI=1S/C16H16ClNO3S2/c1-16(8-9-23(20,21)10-16)18-14(19)7-6-13-15(17)11-4-2-3-5-12(11)22-13/h2-7H,8-10H2,1H3,(H,18,19)/b7-6+/t16-/m1/s1. The monoisotopic (exact) mass is 369 g/mol. The molecule has 1 atom stereocenters. The smallest absolute Gasteiger partial charge is 0.244 e. The minimum atomic E-state index is -3.05. The fourth-order valence-corrected chi connectivity index (χ4v) is 6.23. The zero-order valence-electron chi connectivity index (χ0n) is 12.5. The van der Waals surface area contributed by atoms with Crippen molar-refractivity contribution in [3.05, 3.63) is 40.2 Å². The molecule has 4 nitrogen and oxygen atoms in total. The molecule has 7 heteroatoms. The summed E-state index contributed by atoms with van der Waals surface area (Å²) >= 11 is 7.84. The molecule has 0 radical (unpaired) electrons. The second kappa shape index (κ2) is 5.92. The molecule has 1 aliphatic rings. The van der Waals surface area contributed by atoms with Crippen LogP contribution < -0.4 is 5.32 Å². The molecule has 3 rings (SSSR count). The van der Waals surface area contributed by atoms with Crippen LogP contribution in [0.4, 0.5) is 0 Å². The Balaban J connectivity index is 1.74. The summed E-state index contributed by atoms with van der Waals surface area (Å²) in [5, 5.41) is 4.39. The number of carbonyl (C=O) groups is 1. The Hall–Kier alpha value is -1.37. The largest absolute Gasteiger partial charge is 0.346 e. The first kappa shape index (κ1) is 16.5. The summed E-state index contributed by atoms with van der Waals surface area (Å²) in [6, 6.07) is 7.78. The number of carbonyl (C=O) groups excluding carboxylic acids is 1. The van der Waals surface area contributed by atoms with E-state index in [-0.39, 0.29) is 17.4 Å². The Bertz CT molecular complexity index is 901. The van der Waals surface area contributed by atoms with Crippen molar-refractivity contribution in [2.75, 3.05) is 11.5 Å². The Morgan fingerprint density at radius 1 is 1.39 bits per heavy atom. The van der Waals surface area contributed by atoms with Gasteiger partial charge in [0.05, 0.1) is 22.1 Å². The van der Waals surface area contributed by atoms with Gasteiger partial charge in [-0.3, -0.25) is 4.79 Å². The van der Waals surface area contributed by atoms with Crippen LogP contribution in [0.15, 0.2) is 30.3 Å². The summed E-state index contributed by atoms with van der Waals surface area (Å²) in [7, 11) is -3.05. The van der Waals surface area contributed by atoms with Gasteiger partial charge < -0.3 is 5.32 Å². The van der Waals surface area contributed by atoms with Gasteiger partial charge in [-0.2, -0.15) is 0 Å². The van der Waals surface area contributed by atoms with Gasteiger partial charge >= 0.3 is 0 Å². The van der Waals surface area contributed by atoms with E-state index in [1.165, 1.54) is 17.4 Å². The first-order valence-electron chi connectivity index (χ1n) is 7.16. The van der Waals surface area contributed by atoms with E-state index in [0.29, 0.717) is 11.4 Å². The third-order valence-corrected chi connectivity index (χ3v) is 7.43. The van der Waals surface area contributed by atoms with Gasteiger partial charge in [-0.25, -0.2) is 8.42 Å². The first-order chi connectivity index (χ1) is 10.8. The lowest BCUT2D eigenvalue weighted by Crippen LogP contribution is -2.46. The highest BCUT2D eigenvalue weighted by Crippen LogP contribution is 2.35. The zero-order valence-corrected chi connectivity index (χ0v) is 14.9. The van der Waals surface area contributed by atoms with E-state index >= 15 is 0 Å². The Kier molecular flexibility index (Phi) is 4.25. The molecule has 1 N–H and O–H groups in total. The molecule has 2 aromatic rings. The van der Waals surface area contributed by atoms with E-state index in [4.69, 9.17) is 11.6 Å².